The fourth-order valence-corrected chi connectivity index (χ4v) is 11.1. The van der Waals surface area contributed by atoms with Crippen LogP contribution in [-0.4, -0.2) is 97.6 Å². The summed E-state index contributed by atoms with van der Waals surface area (Å²) in [4.78, 5) is 36.7. The Kier molecular flexibility index (Phi) is 18.2. The van der Waals surface area contributed by atoms with Gasteiger partial charge in [0.1, 0.15) is 24.1 Å². The molecule has 394 valence electrons. The predicted molar refractivity (Wildman–Crippen MR) is 274 cm³/mol. The highest BCUT2D eigenvalue weighted by Crippen LogP contribution is 2.62. The summed E-state index contributed by atoms with van der Waals surface area (Å²) in [5, 5.41) is 28.0. The number of nitrogens with zero attached hydrogens (tertiary/aromatic N) is 2. The van der Waals surface area contributed by atoms with Gasteiger partial charge in [-0.3, -0.25) is 4.90 Å². The number of hydrogen-bond acceptors (Lipinski definition) is 14. The molecule has 2 amide bonds. The van der Waals surface area contributed by atoms with E-state index in [0.29, 0.717) is 67.6 Å². The van der Waals surface area contributed by atoms with Gasteiger partial charge in [0.2, 0.25) is 18.9 Å². The van der Waals surface area contributed by atoms with Crippen LogP contribution < -0.4 is 24.3 Å². The number of oxime groups is 1. The lowest BCUT2D eigenvalue weighted by molar-refractivity contribution is -0.256. The van der Waals surface area contributed by atoms with Crippen LogP contribution in [0.4, 0.5) is 9.59 Å². The Bertz CT molecular complexity index is 2550. The van der Waals surface area contributed by atoms with E-state index in [2.05, 4.69) is 18.0 Å². The van der Waals surface area contributed by atoms with Gasteiger partial charge in [-0.15, -0.1) is 6.58 Å². The van der Waals surface area contributed by atoms with Crippen LogP contribution in [0.3, 0.4) is 0 Å². The molecule has 74 heavy (non-hydrogen) atoms. The van der Waals surface area contributed by atoms with Crippen LogP contribution in [0.15, 0.2) is 127 Å². The van der Waals surface area contributed by atoms with Crippen LogP contribution in [0, 0.1) is 17.8 Å². The molecule has 3 aliphatic heterocycles. The van der Waals surface area contributed by atoms with Gasteiger partial charge >= 0.3 is 12.2 Å². The SMILES string of the molecule is C=CCOC12Oc3ccc(OC(=O)NCc4ccccc4)cc3C3C(CCCCO)C(CCCCO)C=C(C(=NOC4CCCCO4)CC1N(Cc1ccc4c(c1)OCO4)C(=O)OCCOCc1ccccc1)C32. The Morgan fingerprint density at radius 3 is 2.39 bits per heavy atom. The number of ether oxygens (including phenoxy) is 8. The minimum absolute atomic E-state index is 0.0310. The molecule has 3 heterocycles. The van der Waals surface area contributed by atoms with Crippen molar-refractivity contribution in [2.75, 3.05) is 46.4 Å². The second-order valence-electron chi connectivity index (χ2n) is 19.4. The summed E-state index contributed by atoms with van der Waals surface area (Å²) in [5.74, 6) is -0.758. The number of carbonyl (C=O) groups excluding carboxylic acids is 2. The molecule has 2 fully saturated rings. The number of hydrogen-bond donors (Lipinski definition) is 3. The van der Waals surface area contributed by atoms with Crippen molar-refractivity contribution in [3.05, 3.63) is 144 Å². The van der Waals surface area contributed by atoms with E-state index in [1.807, 2.05) is 91.0 Å². The van der Waals surface area contributed by atoms with Gasteiger partial charge in [-0.1, -0.05) is 96.9 Å². The van der Waals surface area contributed by atoms with Crippen LogP contribution in [0.2, 0.25) is 0 Å². The molecule has 2 aliphatic carbocycles. The van der Waals surface area contributed by atoms with E-state index < -0.39 is 36.2 Å². The Balaban J connectivity index is 1.16. The third-order valence-corrected chi connectivity index (χ3v) is 14.5. The van der Waals surface area contributed by atoms with Gasteiger partial charge in [0.15, 0.2) is 11.5 Å². The first-order valence-corrected chi connectivity index (χ1v) is 26.2. The minimum Gasteiger partial charge on any atom is -0.459 e. The number of aliphatic hydroxyl groups excluding tert-OH is 2. The van der Waals surface area contributed by atoms with Crippen molar-refractivity contribution in [2.45, 2.75) is 108 Å². The van der Waals surface area contributed by atoms with Crippen molar-refractivity contribution in [1.82, 2.24) is 10.2 Å². The van der Waals surface area contributed by atoms with Crippen LogP contribution in [0.5, 0.6) is 23.0 Å². The Labute approximate surface area is 433 Å². The highest BCUT2D eigenvalue weighted by molar-refractivity contribution is 6.03. The molecule has 1 saturated heterocycles. The summed E-state index contributed by atoms with van der Waals surface area (Å²) in [6.45, 7) is 5.64. The van der Waals surface area contributed by atoms with Crippen molar-refractivity contribution in [2.24, 2.45) is 22.9 Å². The van der Waals surface area contributed by atoms with E-state index in [4.69, 9.17) is 47.9 Å². The number of allylic oxidation sites excluding steroid dienone is 1. The standard InChI is InChI=1S/C58H69N3O13/c1-2-28-71-58-52(61(37-42-22-24-50-51(32-42)70-39-69-50)57(65)68-31-30-66-38-41-17-7-4-8-18-41)35-48(60-74-53-21-11-14-29-67-53)46-33-43(19-9-12-26-62)45(20-10-13-27-63)54(55(46)58)47-34-44(23-25-49(47)73-58)72-56(64)59-36-40-15-5-3-6-16-40/h2-8,15-18,22-25,32-34,43,45,52-55,62-63H,1,9-14,19-21,26-31,35-39H2,(H,59,64). The molecule has 1 saturated carbocycles. The molecule has 4 aromatic rings. The van der Waals surface area contributed by atoms with E-state index in [1.54, 1.807) is 17.0 Å². The van der Waals surface area contributed by atoms with Crippen LogP contribution in [-0.2, 0) is 43.5 Å². The van der Waals surface area contributed by atoms with Gasteiger partial charge < -0.3 is 58.3 Å². The minimum atomic E-state index is -1.60. The van der Waals surface area contributed by atoms with Gasteiger partial charge in [-0.25, -0.2) is 9.59 Å². The average molecular weight is 1020 g/mol. The van der Waals surface area contributed by atoms with E-state index in [1.165, 1.54) is 0 Å². The molecule has 3 N–H and O–H groups in total. The van der Waals surface area contributed by atoms with Crippen molar-refractivity contribution in [3.8, 4) is 23.0 Å². The van der Waals surface area contributed by atoms with Gasteiger partial charge in [-0.05, 0) is 103 Å². The smallest absolute Gasteiger partial charge is 0.412 e. The van der Waals surface area contributed by atoms with Gasteiger partial charge in [-0.2, -0.15) is 0 Å². The van der Waals surface area contributed by atoms with Crippen molar-refractivity contribution < 1.29 is 62.5 Å². The summed E-state index contributed by atoms with van der Waals surface area (Å²) in [5.41, 5.74) is 4.91. The molecule has 16 nitrogen and oxygen atoms in total. The molecule has 16 heteroatoms. The number of carbonyl (C=O) groups is 2. The molecule has 7 atom stereocenters. The van der Waals surface area contributed by atoms with Crippen LogP contribution >= 0.6 is 0 Å². The lowest BCUT2D eigenvalue weighted by atomic mass is 9.55. The lowest BCUT2D eigenvalue weighted by Crippen LogP contribution is -2.70. The van der Waals surface area contributed by atoms with Crippen molar-refractivity contribution in [1.29, 1.82) is 0 Å². The maximum Gasteiger partial charge on any atom is 0.412 e. The largest absolute Gasteiger partial charge is 0.459 e. The number of nitrogens with one attached hydrogen (secondary N) is 1. The highest BCUT2D eigenvalue weighted by atomic mass is 16.8. The van der Waals surface area contributed by atoms with Gasteiger partial charge in [0.25, 0.3) is 0 Å². The fraction of sp³-hybridized carbons (Fsp3) is 0.466. The first kappa shape index (κ1) is 52.4. The molecule has 7 unspecified atom stereocenters. The molecule has 0 bridgehead atoms. The Hall–Kier alpha value is -6.43. The van der Waals surface area contributed by atoms with E-state index in [-0.39, 0.29) is 77.1 Å². The van der Waals surface area contributed by atoms with Gasteiger partial charge in [0, 0.05) is 50.6 Å². The highest BCUT2D eigenvalue weighted by Gasteiger charge is 2.66. The molecule has 0 aromatic heterocycles. The summed E-state index contributed by atoms with van der Waals surface area (Å²) in [6.07, 6.45) is 8.96. The molecular formula is C58H69N3O13. The zero-order chi connectivity index (χ0) is 51.1. The number of amides is 2. The monoisotopic (exact) mass is 1020 g/mol. The first-order valence-electron chi connectivity index (χ1n) is 26.2. The molecule has 9 rings (SSSR count). The Morgan fingerprint density at radius 2 is 1.62 bits per heavy atom. The molecule has 5 aliphatic rings. The fourth-order valence-electron chi connectivity index (χ4n) is 11.1. The number of fused-ring (bicyclic) bond motifs is 3. The zero-order valence-electron chi connectivity index (χ0n) is 42.0. The second-order valence-corrected chi connectivity index (χ2v) is 19.4. The third kappa shape index (κ3) is 12.6. The Morgan fingerprint density at radius 1 is 0.851 bits per heavy atom. The first-order chi connectivity index (χ1) is 36.4. The number of aliphatic hydroxyl groups is 2. The number of unbranched alkanes of at least 4 members (excludes halogenated alkanes) is 2. The molecular weight excluding hydrogens is 947 g/mol. The van der Waals surface area contributed by atoms with E-state index in [0.717, 1.165) is 59.9 Å². The van der Waals surface area contributed by atoms with Crippen LogP contribution in [0.1, 0.15) is 92.4 Å². The molecule has 0 spiro atoms. The molecule has 4 aromatic carbocycles. The lowest BCUT2D eigenvalue weighted by Gasteiger charge is -2.59. The van der Waals surface area contributed by atoms with E-state index >= 15 is 4.79 Å². The normalized spacial score (nSPS) is 23.9. The predicted octanol–water partition coefficient (Wildman–Crippen LogP) is 9.72. The zero-order valence-corrected chi connectivity index (χ0v) is 42.0. The second kappa shape index (κ2) is 25.7. The summed E-state index contributed by atoms with van der Waals surface area (Å²) >= 11 is 0. The quantitative estimate of drug-likeness (QED) is 0.0343. The van der Waals surface area contributed by atoms with Crippen LogP contribution in [0.25, 0.3) is 0 Å². The maximum atomic E-state index is 15.2. The van der Waals surface area contributed by atoms with Crippen molar-refractivity contribution >= 4 is 17.9 Å². The number of rotatable bonds is 24. The maximum absolute atomic E-state index is 15.2. The van der Waals surface area contributed by atoms with Crippen molar-refractivity contribution in [3.63, 3.8) is 0 Å². The summed E-state index contributed by atoms with van der Waals surface area (Å²) in [7, 11) is 0. The topological polar surface area (TPSA) is 185 Å². The molecule has 0 radical (unpaired) electrons. The van der Waals surface area contributed by atoms with E-state index in [9.17, 15) is 15.0 Å². The summed E-state index contributed by atoms with van der Waals surface area (Å²) in [6, 6.07) is 29.5. The summed E-state index contributed by atoms with van der Waals surface area (Å²) < 4.78 is 50.4. The average Bonchev–Trinajstić information content (AvgIpc) is 3.92. The number of benzene rings is 4. The third-order valence-electron chi connectivity index (χ3n) is 14.5. The van der Waals surface area contributed by atoms with Gasteiger partial charge in [0.05, 0.1) is 38.1 Å².